The first-order chi connectivity index (χ1) is 11.4. The summed E-state index contributed by atoms with van der Waals surface area (Å²) < 4.78 is 5.33. The quantitative estimate of drug-likeness (QED) is 0.335. The van der Waals surface area contributed by atoms with Crippen LogP contribution in [0.5, 0.6) is 0 Å². The molecule has 6 nitrogen and oxygen atoms in total. The highest BCUT2D eigenvalue weighted by Crippen LogP contribution is 2.06. The van der Waals surface area contributed by atoms with Gasteiger partial charge in [0, 0.05) is 33.1 Å². The molecule has 0 saturated carbocycles. The number of hydrogen-bond acceptors (Lipinski definition) is 3. The highest BCUT2D eigenvalue weighted by atomic mass is 127. The van der Waals surface area contributed by atoms with Gasteiger partial charge in [0.1, 0.15) is 12.3 Å². The second-order valence-corrected chi connectivity index (χ2v) is 6.73. The Balaban J connectivity index is 0.00000576. The van der Waals surface area contributed by atoms with E-state index in [1.54, 1.807) is 25.3 Å². The molecule has 0 saturated heterocycles. The summed E-state index contributed by atoms with van der Waals surface area (Å²) in [6, 6.07) is 4.13. The summed E-state index contributed by atoms with van der Waals surface area (Å²) in [6.07, 6.45) is 4.67. The summed E-state index contributed by atoms with van der Waals surface area (Å²) >= 11 is 0. The van der Waals surface area contributed by atoms with Gasteiger partial charge in [-0.3, -0.25) is 4.79 Å². The molecule has 1 aromatic rings. The Kier molecular flexibility index (Phi) is 12.4. The van der Waals surface area contributed by atoms with Crippen LogP contribution in [0.1, 0.15) is 39.4 Å². The van der Waals surface area contributed by atoms with Crippen molar-refractivity contribution in [3.63, 3.8) is 0 Å². The largest absolute Gasteiger partial charge is 0.469 e. The summed E-state index contributed by atoms with van der Waals surface area (Å²) in [7, 11) is 3.47. The van der Waals surface area contributed by atoms with Crippen LogP contribution in [-0.2, 0) is 11.2 Å². The van der Waals surface area contributed by atoms with E-state index in [1.807, 2.05) is 12.1 Å². The number of amides is 1. The van der Waals surface area contributed by atoms with Gasteiger partial charge < -0.3 is 20.0 Å². The van der Waals surface area contributed by atoms with Crippen molar-refractivity contribution >= 4 is 35.8 Å². The number of likely N-dealkylation sites (N-methyl/N-ethyl adjacent to an activating group) is 1. The Morgan fingerprint density at radius 1 is 1.28 bits per heavy atom. The molecule has 7 heteroatoms. The van der Waals surface area contributed by atoms with Crippen molar-refractivity contribution in [3.05, 3.63) is 24.2 Å². The van der Waals surface area contributed by atoms with Gasteiger partial charge in [-0.05, 0) is 37.8 Å². The summed E-state index contributed by atoms with van der Waals surface area (Å²) in [5, 5.41) is 6.66. The van der Waals surface area contributed by atoms with E-state index in [2.05, 4.69) is 36.4 Å². The third-order valence-electron chi connectivity index (χ3n) is 3.68. The number of aliphatic imine (C=N–C) groups is 1. The van der Waals surface area contributed by atoms with E-state index in [0.717, 1.165) is 25.0 Å². The maximum Gasteiger partial charge on any atom is 0.243 e. The van der Waals surface area contributed by atoms with Gasteiger partial charge in [0.2, 0.25) is 5.91 Å². The van der Waals surface area contributed by atoms with Crippen molar-refractivity contribution < 1.29 is 9.21 Å². The second-order valence-electron chi connectivity index (χ2n) is 6.73. The summed E-state index contributed by atoms with van der Waals surface area (Å²) in [4.78, 5) is 17.7. The van der Waals surface area contributed by atoms with Crippen molar-refractivity contribution in [2.24, 2.45) is 10.9 Å². The number of hydrogen-bond donors (Lipinski definition) is 2. The van der Waals surface area contributed by atoms with Crippen molar-refractivity contribution in [1.29, 1.82) is 0 Å². The highest BCUT2D eigenvalue weighted by molar-refractivity contribution is 14.0. The molecule has 0 radical (unpaired) electrons. The van der Waals surface area contributed by atoms with Gasteiger partial charge in [0.05, 0.1) is 6.26 Å². The standard InChI is InChI=1S/C18H32N4O2.HI/c1-14(2)8-9-15(3)21-18(20-13-17(23)22(4)5)19-11-10-16-7-6-12-24-16;/h6-7,12,14-15H,8-11,13H2,1-5H3,(H2,19,20,21);1H. The predicted octanol–water partition coefficient (Wildman–Crippen LogP) is 2.89. The molecular weight excluding hydrogens is 431 g/mol. The molecule has 1 rings (SSSR count). The number of halogens is 1. The van der Waals surface area contributed by atoms with E-state index in [0.29, 0.717) is 24.5 Å². The minimum Gasteiger partial charge on any atom is -0.469 e. The molecule has 25 heavy (non-hydrogen) atoms. The van der Waals surface area contributed by atoms with Crippen molar-refractivity contribution in [3.8, 4) is 0 Å². The van der Waals surface area contributed by atoms with Crippen LogP contribution in [0.2, 0.25) is 0 Å². The van der Waals surface area contributed by atoms with E-state index < -0.39 is 0 Å². The first-order valence-corrected chi connectivity index (χ1v) is 8.66. The molecule has 1 atom stereocenters. The molecule has 2 N–H and O–H groups in total. The van der Waals surface area contributed by atoms with Crippen LogP contribution < -0.4 is 10.6 Å². The van der Waals surface area contributed by atoms with E-state index >= 15 is 0 Å². The van der Waals surface area contributed by atoms with Gasteiger partial charge in [-0.2, -0.15) is 0 Å². The molecule has 144 valence electrons. The smallest absolute Gasteiger partial charge is 0.243 e. The number of furan rings is 1. The van der Waals surface area contributed by atoms with Crippen LogP contribution in [0.4, 0.5) is 0 Å². The van der Waals surface area contributed by atoms with Gasteiger partial charge in [0.25, 0.3) is 0 Å². The lowest BCUT2D eigenvalue weighted by molar-refractivity contribution is -0.127. The van der Waals surface area contributed by atoms with Crippen molar-refractivity contribution in [2.75, 3.05) is 27.2 Å². The van der Waals surface area contributed by atoms with Crippen LogP contribution in [0.25, 0.3) is 0 Å². The number of carbonyl (C=O) groups is 1. The van der Waals surface area contributed by atoms with Gasteiger partial charge >= 0.3 is 0 Å². The average Bonchev–Trinajstić information content (AvgIpc) is 3.03. The maximum atomic E-state index is 11.8. The van der Waals surface area contributed by atoms with Crippen LogP contribution in [-0.4, -0.2) is 50.0 Å². The second kappa shape index (κ2) is 13.0. The third kappa shape index (κ3) is 11.1. The van der Waals surface area contributed by atoms with Gasteiger partial charge in [-0.1, -0.05) is 13.8 Å². The number of nitrogens with zero attached hydrogens (tertiary/aromatic N) is 2. The topological polar surface area (TPSA) is 69.9 Å². The van der Waals surface area contributed by atoms with Crippen molar-refractivity contribution in [2.45, 2.75) is 46.1 Å². The number of carbonyl (C=O) groups excluding carboxylic acids is 1. The molecule has 0 aliphatic carbocycles. The van der Waals surface area contributed by atoms with Crippen LogP contribution in [0.15, 0.2) is 27.8 Å². The molecule has 0 bridgehead atoms. The number of guanidine groups is 1. The molecule has 0 fully saturated rings. The molecule has 1 unspecified atom stereocenters. The normalized spacial score (nSPS) is 12.5. The Hall–Kier alpha value is -1.25. The van der Waals surface area contributed by atoms with Crippen LogP contribution >= 0.6 is 24.0 Å². The summed E-state index contributed by atoms with van der Waals surface area (Å²) in [5.74, 6) is 2.26. The molecule has 1 heterocycles. The highest BCUT2D eigenvalue weighted by Gasteiger charge is 2.09. The fourth-order valence-electron chi connectivity index (χ4n) is 2.09. The van der Waals surface area contributed by atoms with Gasteiger partial charge in [-0.15, -0.1) is 24.0 Å². The Bertz CT molecular complexity index is 501. The molecular formula is C18H33IN4O2. The predicted molar refractivity (Wildman–Crippen MR) is 113 cm³/mol. The first-order valence-electron chi connectivity index (χ1n) is 8.66. The minimum atomic E-state index is -0.0167. The van der Waals surface area contributed by atoms with Crippen LogP contribution in [0, 0.1) is 5.92 Å². The lowest BCUT2D eigenvalue weighted by atomic mass is 10.0. The first kappa shape index (κ1) is 23.8. The van der Waals surface area contributed by atoms with E-state index in [4.69, 9.17) is 4.42 Å². The Labute approximate surface area is 168 Å². The monoisotopic (exact) mass is 464 g/mol. The molecule has 0 spiro atoms. The van der Waals surface area contributed by atoms with E-state index in [1.165, 1.54) is 0 Å². The zero-order valence-electron chi connectivity index (χ0n) is 16.0. The van der Waals surface area contributed by atoms with Crippen molar-refractivity contribution in [1.82, 2.24) is 15.5 Å². The number of nitrogens with one attached hydrogen (secondary N) is 2. The van der Waals surface area contributed by atoms with Gasteiger partial charge in [0.15, 0.2) is 5.96 Å². The molecule has 0 aromatic carbocycles. The maximum absolute atomic E-state index is 11.8. The Morgan fingerprint density at radius 3 is 2.56 bits per heavy atom. The Morgan fingerprint density at radius 2 is 2.00 bits per heavy atom. The number of rotatable bonds is 9. The SMILES string of the molecule is CC(C)CCC(C)NC(=NCC(=O)N(C)C)NCCc1ccco1.I. The average molecular weight is 464 g/mol. The zero-order chi connectivity index (χ0) is 17.9. The lowest BCUT2D eigenvalue weighted by Crippen LogP contribution is -2.43. The molecule has 1 aromatic heterocycles. The fourth-order valence-corrected chi connectivity index (χ4v) is 2.09. The van der Waals surface area contributed by atoms with Gasteiger partial charge in [-0.25, -0.2) is 4.99 Å². The zero-order valence-corrected chi connectivity index (χ0v) is 18.4. The van der Waals surface area contributed by atoms with E-state index in [9.17, 15) is 4.79 Å². The van der Waals surface area contributed by atoms with Crippen LogP contribution in [0.3, 0.4) is 0 Å². The fraction of sp³-hybridized carbons (Fsp3) is 0.667. The molecule has 0 aliphatic rings. The molecule has 1 amide bonds. The summed E-state index contributed by atoms with van der Waals surface area (Å²) in [5.41, 5.74) is 0. The third-order valence-corrected chi connectivity index (χ3v) is 3.68. The summed E-state index contributed by atoms with van der Waals surface area (Å²) in [6.45, 7) is 7.42. The lowest BCUT2D eigenvalue weighted by Gasteiger charge is -2.19. The minimum absolute atomic E-state index is 0. The molecule has 0 aliphatic heterocycles. The van der Waals surface area contributed by atoms with E-state index in [-0.39, 0.29) is 36.4 Å².